The lowest BCUT2D eigenvalue weighted by atomic mass is 9.78. The first-order valence-electron chi connectivity index (χ1n) is 8.63. The summed E-state index contributed by atoms with van der Waals surface area (Å²) in [6, 6.07) is 0. The van der Waals surface area contributed by atoms with Crippen LogP contribution in [0.2, 0.25) is 0 Å². The topological polar surface area (TPSA) is 54.9 Å². The standard InChI is InChI=1S/C17H35N3O2.HI/c1-6-21-11-8-10-19-16(18-5)20-13-14-9-7-12-22-15(14)17(2,3)4;/h14-15H,6-13H2,1-5H3,(H2,18,19,20);1H. The number of ether oxygens (including phenoxy) is 2. The van der Waals surface area contributed by atoms with Crippen molar-refractivity contribution in [2.45, 2.75) is 53.1 Å². The van der Waals surface area contributed by atoms with Crippen LogP contribution in [0.5, 0.6) is 0 Å². The van der Waals surface area contributed by atoms with E-state index < -0.39 is 0 Å². The van der Waals surface area contributed by atoms with Gasteiger partial charge in [0.2, 0.25) is 0 Å². The molecule has 1 fully saturated rings. The van der Waals surface area contributed by atoms with E-state index in [1.165, 1.54) is 6.42 Å². The van der Waals surface area contributed by atoms with Gasteiger partial charge in [-0.3, -0.25) is 4.99 Å². The van der Waals surface area contributed by atoms with E-state index in [2.05, 4.69) is 36.4 Å². The first-order valence-corrected chi connectivity index (χ1v) is 8.63. The second-order valence-electron chi connectivity index (χ2n) is 6.99. The minimum Gasteiger partial charge on any atom is -0.382 e. The average Bonchev–Trinajstić information content (AvgIpc) is 2.49. The summed E-state index contributed by atoms with van der Waals surface area (Å²) in [4.78, 5) is 4.29. The van der Waals surface area contributed by atoms with Crippen molar-refractivity contribution in [1.82, 2.24) is 10.6 Å². The highest BCUT2D eigenvalue weighted by Gasteiger charge is 2.35. The monoisotopic (exact) mass is 441 g/mol. The third-order valence-electron chi connectivity index (χ3n) is 4.02. The van der Waals surface area contributed by atoms with Crippen molar-refractivity contribution in [2.24, 2.45) is 16.3 Å². The van der Waals surface area contributed by atoms with Crippen molar-refractivity contribution < 1.29 is 9.47 Å². The smallest absolute Gasteiger partial charge is 0.190 e. The second kappa shape index (κ2) is 12.3. The Labute approximate surface area is 159 Å². The summed E-state index contributed by atoms with van der Waals surface area (Å²) < 4.78 is 11.4. The van der Waals surface area contributed by atoms with Gasteiger partial charge in [-0.15, -0.1) is 24.0 Å². The summed E-state index contributed by atoms with van der Waals surface area (Å²) in [5, 5.41) is 6.79. The molecule has 1 aliphatic heterocycles. The highest BCUT2D eigenvalue weighted by atomic mass is 127. The number of rotatable bonds is 7. The summed E-state index contributed by atoms with van der Waals surface area (Å²) in [6.45, 7) is 13.1. The molecule has 2 atom stereocenters. The summed E-state index contributed by atoms with van der Waals surface area (Å²) in [6.07, 6.45) is 3.67. The van der Waals surface area contributed by atoms with Gasteiger partial charge in [0.15, 0.2) is 5.96 Å². The molecule has 1 aliphatic rings. The predicted octanol–water partition coefficient (Wildman–Crippen LogP) is 3.04. The zero-order valence-electron chi connectivity index (χ0n) is 15.5. The normalized spacial score (nSPS) is 22.4. The summed E-state index contributed by atoms with van der Waals surface area (Å²) >= 11 is 0. The molecule has 0 spiro atoms. The molecule has 1 saturated heterocycles. The number of nitrogens with one attached hydrogen (secondary N) is 2. The second-order valence-corrected chi connectivity index (χ2v) is 6.99. The Morgan fingerprint density at radius 1 is 1.30 bits per heavy atom. The molecule has 0 bridgehead atoms. The first-order chi connectivity index (χ1) is 10.5. The van der Waals surface area contributed by atoms with E-state index >= 15 is 0 Å². The van der Waals surface area contributed by atoms with Gasteiger partial charge in [-0.1, -0.05) is 20.8 Å². The molecule has 2 unspecified atom stereocenters. The minimum absolute atomic E-state index is 0. The molecule has 2 N–H and O–H groups in total. The van der Waals surface area contributed by atoms with Crippen molar-refractivity contribution in [3.8, 4) is 0 Å². The van der Waals surface area contributed by atoms with Crippen LogP contribution in [0.4, 0.5) is 0 Å². The molecule has 0 aromatic carbocycles. The fraction of sp³-hybridized carbons (Fsp3) is 0.941. The predicted molar refractivity (Wildman–Crippen MR) is 108 cm³/mol. The zero-order chi connectivity index (χ0) is 16.4. The maximum absolute atomic E-state index is 6.03. The molecule has 23 heavy (non-hydrogen) atoms. The van der Waals surface area contributed by atoms with Gasteiger partial charge in [0.25, 0.3) is 0 Å². The molecule has 0 radical (unpaired) electrons. The zero-order valence-corrected chi connectivity index (χ0v) is 17.8. The van der Waals surface area contributed by atoms with Crippen LogP contribution in [0.1, 0.15) is 47.0 Å². The molecule has 1 heterocycles. The van der Waals surface area contributed by atoms with E-state index in [1.807, 2.05) is 14.0 Å². The van der Waals surface area contributed by atoms with E-state index in [0.29, 0.717) is 12.0 Å². The maximum Gasteiger partial charge on any atom is 0.190 e. The number of hydrogen-bond acceptors (Lipinski definition) is 3. The molecule has 138 valence electrons. The lowest BCUT2D eigenvalue weighted by Crippen LogP contribution is -2.47. The van der Waals surface area contributed by atoms with Gasteiger partial charge in [-0.25, -0.2) is 0 Å². The van der Waals surface area contributed by atoms with Crippen LogP contribution in [-0.2, 0) is 9.47 Å². The molecule has 0 amide bonds. The first kappa shape index (κ1) is 22.9. The Balaban J connectivity index is 0.00000484. The van der Waals surface area contributed by atoms with E-state index in [1.54, 1.807) is 0 Å². The third kappa shape index (κ3) is 9.10. The Kier molecular flexibility index (Phi) is 12.3. The van der Waals surface area contributed by atoms with Gasteiger partial charge in [0.05, 0.1) is 6.10 Å². The number of guanidine groups is 1. The Morgan fingerprint density at radius 2 is 2.04 bits per heavy atom. The van der Waals surface area contributed by atoms with Crippen molar-refractivity contribution in [1.29, 1.82) is 0 Å². The third-order valence-corrected chi connectivity index (χ3v) is 4.02. The lowest BCUT2D eigenvalue weighted by molar-refractivity contribution is -0.0835. The number of hydrogen-bond donors (Lipinski definition) is 2. The van der Waals surface area contributed by atoms with Gasteiger partial charge in [-0.2, -0.15) is 0 Å². The quantitative estimate of drug-likeness (QED) is 0.276. The van der Waals surface area contributed by atoms with E-state index in [0.717, 1.165) is 51.7 Å². The van der Waals surface area contributed by atoms with Crippen molar-refractivity contribution in [3.05, 3.63) is 0 Å². The van der Waals surface area contributed by atoms with Gasteiger partial charge in [0, 0.05) is 45.9 Å². The van der Waals surface area contributed by atoms with Crippen LogP contribution in [0.25, 0.3) is 0 Å². The van der Waals surface area contributed by atoms with Crippen molar-refractivity contribution in [2.75, 3.05) is 40.0 Å². The van der Waals surface area contributed by atoms with Gasteiger partial charge in [0.1, 0.15) is 0 Å². The molecule has 0 aromatic heterocycles. The largest absolute Gasteiger partial charge is 0.382 e. The average molecular weight is 441 g/mol. The van der Waals surface area contributed by atoms with E-state index in [9.17, 15) is 0 Å². The number of nitrogens with zero attached hydrogens (tertiary/aromatic N) is 1. The Bertz CT molecular complexity index is 332. The van der Waals surface area contributed by atoms with Gasteiger partial charge < -0.3 is 20.1 Å². The minimum atomic E-state index is 0. The highest BCUT2D eigenvalue weighted by Crippen LogP contribution is 2.33. The van der Waals surface area contributed by atoms with Gasteiger partial charge >= 0.3 is 0 Å². The summed E-state index contributed by atoms with van der Waals surface area (Å²) in [5.74, 6) is 1.41. The van der Waals surface area contributed by atoms with Crippen LogP contribution in [-0.4, -0.2) is 52.0 Å². The van der Waals surface area contributed by atoms with Crippen LogP contribution in [0.3, 0.4) is 0 Å². The molecule has 1 rings (SSSR count). The van der Waals surface area contributed by atoms with Crippen LogP contribution < -0.4 is 10.6 Å². The fourth-order valence-electron chi connectivity index (χ4n) is 2.98. The number of aliphatic imine (C=N–C) groups is 1. The summed E-state index contributed by atoms with van der Waals surface area (Å²) in [5.41, 5.74) is 0.182. The molecule has 0 aromatic rings. The highest BCUT2D eigenvalue weighted by molar-refractivity contribution is 14.0. The number of halogens is 1. The van der Waals surface area contributed by atoms with E-state index in [4.69, 9.17) is 9.47 Å². The van der Waals surface area contributed by atoms with Crippen LogP contribution >= 0.6 is 24.0 Å². The molecular weight excluding hydrogens is 405 g/mol. The SMILES string of the molecule is CCOCCCNC(=NC)NCC1CCCOC1C(C)(C)C.I. The van der Waals surface area contributed by atoms with Crippen LogP contribution in [0.15, 0.2) is 4.99 Å². The van der Waals surface area contributed by atoms with Gasteiger partial charge in [-0.05, 0) is 31.6 Å². The molecule has 0 saturated carbocycles. The maximum atomic E-state index is 6.03. The lowest BCUT2D eigenvalue weighted by Gasteiger charge is -2.40. The summed E-state index contributed by atoms with van der Waals surface area (Å²) in [7, 11) is 1.82. The Morgan fingerprint density at radius 3 is 2.65 bits per heavy atom. The van der Waals surface area contributed by atoms with Crippen molar-refractivity contribution >= 4 is 29.9 Å². The molecule has 0 aliphatic carbocycles. The molecular formula is C17H36IN3O2. The van der Waals surface area contributed by atoms with Crippen LogP contribution in [0, 0.1) is 11.3 Å². The molecule has 6 heteroatoms. The van der Waals surface area contributed by atoms with E-state index in [-0.39, 0.29) is 29.4 Å². The fourth-order valence-corrected chi connectivity index (χ4v) is 2.98. The van der Waals surface area contributed by atoms with Crippen molar-refractivity contribution in [3.63, 3.8) is 0 Å². The Hall–Kier alpha value is -0.0800. The molecule has 5 nitrogen and oxygen atoms in total.